The van der Waals surface area contributed by atoms with Gasteiger partial charge in [0.15, 0.2) is 9.84 Å². The van der Waals surface area contributed by atoms with Gasteiger partial charge in [-0.2, -0.15) is 0 Å². The van der Waals surface area contributed by atoms with E-state index in [4.69, 9.17) is 4.74 Å². The molecule has 1 aliphatic heterocycles. The number of methoxy groups -OCH3 is 1. The van der Waals surface area contributed by atoms with Crippen LogP contribution < -0.4 is 0 Å². The number of carbonyl (C=O) groups excluding carboxylic acids is 1. The summed E-state index contributed by atoms with van der Waals surface area (Å²) in [6, 6.07) is 0. The summed E-state index contributed by atoms with van der Waals surface area (Å²) in [6.07, 6.45) is 1.46. The van der Waals surface area contributed by atoms with Gasteiger partial charge in [0.2, 0.25) is 0 Å². The zero-order valence-corrected chi connectivity index (χ0v) is 11.4. The van der Waals surface area contributed by atoms with Crippen molar-refractivity contribution in [2.75, 3.05) is 25.2 Å². The Labute approximate surface area is 102 Å². The molecular weight excluding hydrogens is 244 g/mol. The van der Waals surface area contributed by atoms with E-state index in [0.717, 1.165) is 12.8 Å². The van der Waals surface area contributed by atoms with Gasteiger partial charge in [-0.1, -0.05) is 0 Å². The third-order valence-electron chi connectivity index (χ3n) is 2.78. The first-order valence-electron chi connectivity index (χ1n) is 5.67. The Hall–Kier alpha value is -0.620. The van der Waals surface area contributed by atoms with Crippen molar-refractivity contribution >= 4 is 15.8 Å². The predicted octanol–water partition coefficient (Wildman–Crippen LogP) is 0.779. The van der Waals surface area contributed by atoms with Crippen LogP contribution in [0.15, 0.2) is 0 Å². The van der Waals surface area contributed by atoms with Crippen LogP contribution >= 0.6 is 0 Å². The molecule has 1 saturated heterocycles. The first-order chi connectivity index (χ1) is 7.77. The Balaban J connectivity index is 2.62. The smallest absolute Gasteiger partial charge is 0.312 e. The molecule has 1 rings (SSSR count). The zero-order valence-electron chi connectivity index (χ0n) is 10.6. The summed E-state index contributed by atoms with van der Waals surface area (Å²) in [6.45, 7) is 3.78. The molecule has 0 saturated carbocycles. The first kappa shape index (κ1) is 14.4. The van der Waals surface area contributed by atoms with E-state index in [1.54, 1.807) is 13.8 Å². The summed E-state index contributed by atoms with van der Waals surface area (Å²) >= 11 is 0. The molecule has 0 N–H and O–H groups in total. The molecule has 1 unspecified atom stereocenters. The average molecular weight is 264 g/mol. The number of sulfone groups is 1. The van der Waals surface area contributed by atoms with Gasteiger partial charge in [-0.05, 0) is 26.7 Å². The second-order valence-electron chi connectivity index (χ2n) is 5.07. The lowest BCUT2D eigenvalue weighted by Crippen LogP contribution is -2.36. The standard InChI is InChI=1S/C11H20O5S/c1-11(2,10(12)15-3)8-17(13,14)7-9-5-4-6-16-9/h9H,4-8H2,1-3H3. The van der Waals surface area contributed by atoms with Crippen molar-refractivity contribution in [3.8, 4) is 0 Å². The van der Waals surface area contributed by atoms with Crippen molar-refractivity contribution in [1.29, 1.82) is 0 Å². The molecule has 0 radical (unpaired) electrons. The van der Waals surface area contributed by atoms with Gasteiger partial charge in [-0.15, -0.1) is 0 Å². The molecule has 0 aromatic heterocycles. The van der Waals surface area contributed by atoms with E-state index in [2.05, 4.69) is 4.74 Å². The Morgan fingerprint density at radius 2 is 2.12 bits per heavy atom. The van der Waals surface area contributed by atoms with Gasteiger partial charge < -0.3 is 9.47 Å². The molecular formula is C11H20O5S. The molecule has 100 valence electrons. The second kappa shape index (κ2) is 5.35. The van der Waals surface area contributed by atoms with E-state index in [9.17, 15) is 13.2 Å². The maximum Gasteiger partial charge on any atom is 0.312 e. The molecule has 1 aliphatic rings. The Bertz CT molecular complexity index is 365. The summed E-state index contributed by atoms with van der Waals surface area (Å²) in [5.41, 5.74) is -1.01. The highest BCUT2D eigenvalue weighted by Gasteiger charge is 2.36. The van der Waals surface area contributed by atoms with Crippen molar-refractivity contribution < 1.29 is 22.7 Å². The predicted molar refractivity (Wildman–Crippen MR) is 63.4 cm³/mol. The fraction of sp³-hybridized carbons (Fsp3) is 0.909. The highest BCUT2D eigenvalue weighted by Crippen LogP contribution is 2.22. The number of hydrogen-bond donors (Lipinski definition) is 0. The number of rotatable bonds is 5. The van der Waals surface area contributed by atoms with E-state index in [0.29, 0.717) is 6.61 Å². The van der Waals surface area contributed by atoms with Crippen molar-refractivity contribution in [2.24, 2.45) is 5.41 Å². The number of hydrogen-bond acceptors (Lipinski definition) is 5. The van der Waals surface area contributed by atoms with Crippen LogP contribution in [0.2, 0.25) is 0 Å². The van der Waals surface area contributed by atoms with E-state index in [1.165, 1.54) is 7.11 Å². The normalized spacial score (nSPS) is 21.5. The van der Waals surface area contributed by atoms with Crippen LogP contribution in [0, 0.1) is 5.41 Å². The largest absolute Gasteiger partial charge is 0.469 e. The van der Waals surface area contributed by atoms with Gasteiger partial charge >= 0.3 is 5.97 Å². The summed E-state index contributed by atoms with van der Waals surface area (Å²) < 4.78 is 33.8. The molecule has 0 aromatic carbocycles. The quantitative estimate of drug-likeness (QED) is 0.686. The molecule has 1 heterocycles. The van der Waals surface area contributed by atoms with Crippen molar-refractivity contribution in [3.63, 3.8) is 0 Å². The molecule has 0 spiro atoms. The average Bonchev–Trinajstić information content (AvgIpc) is 2.66. The molecule has 0 bridgehead atoms. The summed E-state index contributed by atoms with van der Waals surface area (Å²) in [5, 5.41) is 0. The maximum absolute atomic E-state index is 11.9. The number of carbonyl (C=O) groups is 1. The van der Waals surface area contributed by atoms with Gasteiger partial charge in [0.1, 0.15) is 0 Å². The minimum absolute atomic E-state index is 0.00652. The molecule has 1 fully saturated rings. The minimum atomic E-state index is -3.30. The molecule has 0 aromatic rings. The van der Waals surface area contributed by atoms with Crippen LogP contribution in [0.1, 0.15) is 26.7 Å². The molecule has 6 heteroatoms. The molecule has 1 atom stereocenters. The maximum atomic E-state index is 11.9. The Kier molecular flexibility index (Phi) is 4.55. The van der Waals surface area contributed by atoms with Crippen LogP contribution in [0.4, 0.5) is 0 Å². The van der Waals surface area contributed by atoms with Gasteiger partial charge in [-0.3, -0.25) is 4.79 Å². The molecule has 0 aliphatic carbocycles. The minimum Gasteiger partial charge on any atom is -0.469 e. The Morgan fingerprint density at radius 1 is 1.47 bits per heavy atom. The lowest BCUT2D eigenvalue weighted by Gasteiger charge is -2.22. The van der Waals surface area contributed by atoms with Gasteiger partial charge in [0, 0.05) is 6.61 Å². The lowest BCUT2D eigenvalue weighted by molar-refractivity contribution is -0.149. The SMILES string of the molecule is COC(=O)C(C)(C)CS(=O)(=O)CC1CCCO1. The lowest BCUT2D eigenvalue weighted by atomic mass is 9.97. The molecule has 5 nitrogen and oxygen atoms in total. The fourth-order valence-electron chi connectivity index (χ4n) is 2.00. The van der Waals surface area contributed by atoms with Gasteiger partial charge in [0.25, 0.3) is 0 Å². The second-order valence-corrected chi connectivity index (χ2v) is 7.17. The van der Waals surface area contributed by atoms with Gasteiger partial charge in [0.05, 0.1) is 30.1 Å². The van der Waals surface area contributed by atoms with Crippen LogP contribution in [-0.2, 0) is 24.1 Å². The van der Waals surface area contributed by atoms with E-state index in [1.807, 2.05) is 0 Å². The summed E-state index contributed by atoms with van der Waals surface area (Å²) in [5.74, 6) is -0.714. The highest BCUT2D eigenvalue weighted by molar-refractivity contribution is 7.91. The van der Waals surface area contributed by atoms with Crippen LogP contribution in [0.3, 0.4) is 0 Å². The number of esters is 1. The summed E-state index contributed by atoms with van der Waals surface area (Å²) in [7, 11) is -2.04. The van der Waals surface area contributed by atoms with E-state index in [-0.39, 0.29) is 17.6 Å². The van der Waals surface area contributed by atoms with Crippen molar-refractivity contribution in [3.05, 3.63) is 0 Å². The van der Waals surface area contributed by atoms with Crippen molar-refractivity contribution in [2.45, 2.75) is 32.8 Å². The third-order valence-corrected chi connectivity index (χ3v) is 4.82. The van der Waals surface area contributed by atoms with Crippen LogP contribution in [0.25, 0.3) is 0 Å². The Morgan fingerprint density at radius 3 is 2.59 bits per heavy atom. The van der Waals surface area contributed by atoms with Crippen LogP contribution in [0.5, 0.6) is 0 Å². The highest BCUT2D eigenvalue weighted by atomic mass is 32.2. The topological polar surface area (TPSA) is 69.7 Å². The van der Waals surface area contributed by atoms with E-state index >= 15 is 0 Å². The van der Waals surface area contributed by atoms with Crippen LogP contribution in [-0.4, -0.2) is 45.7 Å². The summed E-state index contributed by atoms with van der Waals surface area (Å²) in [4.78, 5) is 11.4. The van der Waals surface area contributed by atoms with Crippen molar-refractivity contribution in [1.82, 2.24) is 0 Å². The third kappa shape index (κ3) is 4.27. The zero-order chi connectivity index (χ0) is 13.1. The number of ether oxygens (including phenoxy) is 2. The molecule has 17 heavy (non-hydrogen) atoms. The van der Waals surface area contributed by atoms with Gasteiger partial charge in [-0.25, -0.2) is 8.42 Å². The monoisotopic (exact) mass is 264 g/mol. The fourth-order valence-corrected chi connectivity index (χ4v) is 4.17. The van der Waals surface area contributed by atoms with E-state index < -0.39 is 21.2 Å². The molecule has 0 amide bonds. The first-order valence-corrected chi connectivity index (χ1v) is 7.49.